The van der Waals surface area contributed by atoms with E-state index in [1.54, 1.807) is 18.2 Å². The Hall–Kier alpha value is -2.93. The molecule has 27 heavy (non-hydrogen) atoms. The van der Waals surface area contributed by atoms with Crippen LogP contribution in [-0.4, -0.2) is 52.5 Å². The van der Waals surface area contributed by atoms with Gasteiger partial charge in [0.15, 0.2) is 11.5 Å². The van der Waals surface area contributed by atoms with E-state index in [0.29, 0.717) is 23.6 Å². The first-order chi connectivity index (χ1) is 13.0. The van der Waals surface area contributed by atoms with Crippen molar-refractivity contribution in [2.24, 2.45) is 0 Å². The van der Waals surface area contributed by atoms with Gasteiger partial charge in [0.25, 0.3) is 5.91 Å². The van der Waals surface area contributed by atoms with Gasteiger partial charge in [0.05, 0.1) is 20.3 Å². The SMILES string of the molecule is COc1cccc(OC)c1C(=O)NC[C@H](c1ccc2c(c1)OCO2)N(C)C. The second-order valence-electron chi connectivity index (χ2n) is 6.34. The number of likely N-dealkylation sites (N-methyl/N-ethyl adjacent to an activating group) is 1. The second kappa shape index (κ2) is 8.18. The zero-order valence-electron chi connectivity index (χ0n) is 15.9. The van der Waals surface area contributed by atoms with Gasteiger partial charge in [0.2, 0.25) is 6.79 Å². The summed E-state index contributed by atoms with van der Waals surface area (Å²) in [6, 6.07) is 11.0. The Morgan fingerprint density at radius 2 is 1.78 bits per heavy atom. The average Bonchev–Trinajstić information content (AvgIpc) is 3.14. The quantitative estimate of drug-likeness (QED) is 0.805. The third-order valence-corrected chi connectivity index (χ3v) is 4.52. The number of rotatable bonds is 7. The molecule has 0 spiro atoms. The zero-order chi connectivity index (χ0) is 19.4. The van der Waals surface area contributed by atoms with E-state index in [1.165, 1.54) is 14.2 Å². The van der Waals surface area contributed by atoms with E-state index in [9.17, 15) is 4.79 Å². The molecule has 0 aromatic heterocycles. The Morgan fingerprint density at radius 3 is 2.41 bits per heavy atom. The van der Waals surface area contributed by atoms with Gasteiger partial charge in [-0.25, -0.2) is 0 Å². The highest BCUT2D eigenvalue weighted by Crippen LogP contribution is 2.35. The van der Waals surface area contributed by atoms with Gasteiger partial charge < -0.3 is 29.2 Å². The van der Waals surface area contributed by atoms with Crippen LogP contribution in [0.2, 0.25) is 0 Å². The molecule has 0 fully saturated rings. The Morgan fingerprint density at radius 1 is 1.11 bits per heavy atom. The van der Waals surface area contributed by atoms with E-state index in [1.807, 2.05) is 37.2 Å². The van der Waals surface area contributed by atoms with Gasteiger partial charge in [-0.2, -0.15) is 0 Å². The molecule has 0 radical (unpaired) electrons. The molecule has 1 heterocycles. The number of ether oxygens (including phenoxy) is 4. The molecule has 0 saturated heterocycles. The monoisotopic (exact) mass is 372 g/mol. The predicted molar refractivity (Wildman–Crippen MR) is 101 cm³/mol. The third kappa shape index (κ3) is 3.93. The van der Waals surface area contributed by atoms with Gasteiger partial charge >= 0.3 is 0 Å². The summed E-state index contributed by atoms with van der Waals surface area (Å²) < 4.78 is 21.5. The van der Waals surface area contributed by atoms with Crippen LogP contribution in [0.5, 0.6) is 23.0 Å². The highest BCUT2D eigenvalue weighted by Gasteiger charge is 2.22. The minimum atomic E-state index is -0.253. The van der Waals surface area contributed by atoms with Crippen molar-refractivity contribution < 1.29 is 23.7 Å². The predicted octanol–water partition coefficient (Wildman–Crippen LogP) is 2.47. The number of nitrogens with one attached hydrogen (secondary N) is 1. The molecule has 3 rings (SSSR count). The fourth-order valence-corrected chi connectivity index (χ4v) is 3.07. The summed E-state index contributed by atoms with van der Waals surface area (Å²) >= 11 is 0. The minimum absolute atomic E-state index is 0.0378. The Bertz CT molecular complexity index is 800. The molecule has 0 saturated carbocycles. The first-order valence-electron chi connectivity index (χ1n) is 8.60. The average molecular weight is 372 g/mol. The standard InChI is InChI=1S/C20H24N2O5/c1-22(2)14(13-8-9-15-18(10-13)27-12-26-15)11-21-20(23)19-16(24-3)6-5-7-17(19)25-4/h5-10,14H,11-12H2,1-4H3,(H,21,23)/t14-/m1/s1. The summed E-state index contributed by atoms with van der Waals surface area (Å²) in [5.41, 5.74) is 1.40. The smallest absolute Gasteiger partial charge is 0.258 e. The van der Waals surface area contributed by atoms with Crippen molar-refractivity contribution in [2.75, 3.05) is 41.7 Å². The van der Waals surface area contributed by atoms with Crippen molar-refractivity contribution in [2.45, 2.75) is 6.04 Å². The van der Waals surface area contributed by atoms with Gasteiger partial charge in [0.1, 0.15) is 17.1 Å². The summed E-state index contributed by atoms with van der Waals surface area (Å²) in [7, 11) is 6.98. The van der Waals surface area contributed by atoms with Gasteiger partial charge in [-0.15, -0.1) is 0 Å². The van der Waals surface area contributed by atoms with E-state index in [4.69, 9.17) is 18.9 Å². The summed E-state index contributed by atoms with van der Waals surface area (Å²) in [4.78, 5) is 14.9. The van der Waals surface area contributed by atoms with Crippen molar-refractivity contribution in [3.63, 3.8) is 0 Å². The number of amides is 1. The molecule has 1 N–H and O–H groups in total. The molecule has 1 aliphatic rings. The number of hydrogen-bond acceptors (Lipinski definition) is 6. The van der Waals surface area contributed by atoms with Crippen LogP contribution < -0.4 is 24.3 Å². The molecule has 2 aromatic carbocycles. The van der Waals surface area contributed by atoms with Crippen molar-refractivity contribution in [1.82, 2.24) is 10.2 Å². The molecule has 1 amide bonds. The van der Waals surface area contributed by atoms with Crippen LogP contribution in [0.15, 0.2) is 36.4 Å². The van der Waals surface area contributed by atoms with Gasteiger partial charge in [-0.1, -0.05) is 12.1 Å². The van der Waals surface area contributed by atoms with Gasteiger partial charge in [0, 0.05) is 6.54 Å². The Balaban J connectivity index is 1.78. The number of carbonyl (C=O) groups excluding carboxylic acids is 1. The lowest BCUT2D eigenvalue weighted by molar-refractivity contribution is 0.0935. The zero-order valence-corrected chi connectivity index (χ0v) is 15.9. The molecular weight excluding hydrogens is 348 g/mol. The highest BCUT2D eigenvalue weighted by atomic mass is 16.7. The van der Waals surface area contributed by atoms with Crippen LogP contribution in [0.4, 0.5) is 0 Å². The number of nitrogens with zero attached hydrogens (tertiary/aromatic N) is 1. The van der Waals surface area contributed by atoms with E-state index in [-0.39, 0.29) is 18.7 Å². The van der Waals surface area contributed by atoms with E-state index in [2.05, 4.69) is 5.32 Å². The first-order valence-corrected chi connectivity index (χ1v) is 8.60. The normalized spacial score (nSPS) is 13.4. The lowest BCUT2D eigenvalue weighted by Gasteiger charge is -2.25. The maximum absolute atomic E-state index is 12.8. The Labute approximate surface area is 158 Å². The van der Waals surface area contributed by atoms with Crippen molar-refractivity contribution in [1.29, 1.82) is 0 Å². The minimum Gasteiger partial charge on any atom is -0.496 e. The molecule has 144 valence electrons. The maximum Gasteiger partial charge on any atom is 0.258 e. The molecule has 1 aliphatic heterocycles. The van der Waals surface area contributed by atoms with Crippen LogP contribution in [0.25, 0.3) is 0 Å². The second-order valence-corrected chi connectivity index (χ2v) is 6.34. The van der Waals surface area contributed by atoms with Gasteiger partial charge in [-0.05, 0) is 43.9 Å². The highest BCUT2D eigenvalue weighted by molar-refractivity contribution is 5.99. The molecule has 0 unspecified atom stereocenters. The molecule has 7 heteroatoms. The van der Waals surface area contributed by atoms with Crippen LogP contribution >= 0.6 is 0 Å². The largest absolute Gasteiger partial charge is 0.496 e. The van der Waals surface area contributed by atoms with E-state index in [0.717, 1.165) is 17.1 Å². The van der Waals surface area contributed by atoms with Crippen LogP contribution in [0.3, 0.4) is 0 Å². The molecular formula is C20H24N2O5. The van der Waals surface area contributed by atoms with Gasteiger partial charge in [-0.3, -0.25) is 4.79 Å². The lowest BCUT2D eigenvalue weighted by atomic mass is 10.0. The van der Waals surface area contributed by atoms with Crippen molar-refractivity contribution in [3.8, 4) is 23.0 Å². The molecule has 0 aliphatic carbocycles. The fraction of sp³-hybridized carbons (Fsp3) is 0.350. The molecule has 0 bridgehead atoms. The summed E-state index contributed by atoms with van der Waals surface area (Å²) in [5.74, 6) is 2.14. The van der Waals surface area contributed by atoms with E-state index >= 15 is 0 Å². The fourth-order valence-electron chi connectivity index (χ4n) is 3.07. The number of benzene rings is 2. The topological polar surface area (TPSA) is 69.3 Å². The number of carbonyl (C=O) groups is 1. The Kier molecular flexibility index (Phi) is 5.71. The summed E-state index contributed by atoms with van der Waals surface area (Å²) in [5, 5.41) is 2.98. The molecule has 1 atom stereocenters. The summed E-state index contributed by atoms with van der Waals surface area (Å²) in [6.45, 7) is 0.641. The molecule has 7 nitrogen and oxygen atoms in total. The van der Waals surface area contributed by atoms with Crippen LogP contribution in [0.1, 0.15) is 22.0 Å². The van der Waals surface area contributed by atoms with Crippen LogP contribution in [0, 0.1) is 0 Å². The lowest BCUT2D eigenvalue weighted by Crippen LogP contribution is -2.34. The first kappa shape index (κ1) is 18.8. The van der Waals surface area contributed by atoms with E-state index < -0.39 is 0 Å². The maximum atomic E-state index is 12.8. The molecule has 2 aromatic rings. The van der Waals surface area contributed by atoms with Crippen LogP contribution in [-0.2, 0) is 0 Å². The summed E-state index contributed by atoms with van der Waals surface area (Å²) in [6.07, 6.45) is 0. The number of methoxy groups -OCH3 is 2. The van der Waals surface area contributed by atoms with Crippen molar-refractivity contribution >= 4 is 5.91 Å². The number of fused-ring (bicyclic) bond motifs is 1. The number of hydrogen-bond donors (Lipinski definition) is 1. The third-order valence-electron chi connectivity index (χ3n) is 4.52. The van der Waals surface area contributed by atoms with Crippen molar-refractivity contribution in [3.05, 3.63) is 47.5 Å².